The second-order valence-corrected chi connectivity index (χ2v) is 14.3. The van der Waals surface area contributed by atoms with Crippen molar-refractivity contribution in [3.63, 3.8) is 0 Å². The summed E-state index contributed by atoms with van der Waals surface area (Å²) in [6.45, 7) is 5.59. The highest BCUT2D eigenvalue weighted by molar-refractivity contribution is 9.10. The lowest BCUT2D eigenvalue weighted by Gasteiger charge is -2.24. The zero-order valence-electron chi connectivity index (χ0n) is 17.9. The van der Waals surface area contributed by atoms with Gasteiger partial charge in [-0.25, -0.2) is 19.7 Å². The van der Waals surface area contributed by atoms with E-state index < -0.39 is 15.6 Å². The average molecular weight is 483 g/mol. The molecule has 0 unspecified atom stereocenters. The smallest absolute Gasteiger partial charge is 0.139 e. The molecule has 0 saturated heterocycles. The van der Waals surface area contributed by atoms with E-state index in [9.17, 15) is 5.11 Å². The summed E-state index contributed by atoms with van der Waals surface area (Å²) >= 11 is 3.48. The Morgan fingerprint density at radius 2 is 1.97 bits per heavy atom. The van der Waals surface area contributed by atoms with E-state index >= 15 is 0 Å². The molecule has 29 heavy (non-hydrogen) atoms. The van der Waals surface area contributed by atoms with Gasteiger partial charge in [-0.15, -0.1) is 0 Å². The zero-order chi connectivity index (χ0) is 21.2. The molecule has 0 aromatic carbocycles. The zero-order valence-corrected chi connectivity index (χ0v) is 20.3. The van der Waals surface area contributed by atoms with Crippen LogP contribution in [0.25, 0.3) is 22.0 Å². The van der Waals surface area contributed by atoms with Crippen molar-refractivity contribution in [2.75, 3.05) is 31.1 Å². The molecule has 160 valence electrons. The predicted molar refractivity (Wildman–Crippen MR) is 126 cm³/mol. The minimum Gasteiger partial charge on any atom is -0.390 e. The molecular weight excluding hydrogens is 452 g/mol. The molecule has 1 N–H and O–H groups in total. The first-order valence-corrected chi connectivity index (χ1v) is 13.5. The molecule has 3 rings (SSSR count). The molecule has 0 amide bonds. The first-order valence-electron chi connectivity index (χ1n) is 9.65. The quantitative estimate of drug-likeness (QED) is 0.360. The summed E-state index contributed by atoms with van der Waals surface area (Å²) in [5, 5.41) is 15.7. The summed E-state index contributed by atoms with van der Waals surface area (Å²) in [5.41, 5.74) is 2.48. The molecule has 3 aromatic rings. The van der Waals surface area contributed by atoms with E-state index in [1.54, 1.807) is 0 Å². The monoisotopic (exact) mass is 482 g/mol. The van der Waals surface area contributed by atoms with E-state index in [-0.39, 0.29) is 0 Å². The highest BCUT2D eigenvalue weighted by Gasteiger charge is 2.17. The predicted octanol–water partition coefficient (Wildman–Crippen LogP) is 4.49. The Hall–Kier alpha value is -1.35. The summed E-state index contributed by atoms with van der Waals surface area (Å²) in [5.74, 6) is 1.09. The van der Waals surface area contributed by atoms with E-state index in [1.807, 2.05) is 43.2 Å². The van der Waals surface area contributed by atoms with Crippen LogP contribution < -0.4 is 0 Å². The van der Waals surface area contributed by atoms with Crippen LogP contribution in [0, 0.1) is 0 Å². The van der Waals surface area contributed by atoms with Gasteiger partial charge < -0.3 is 14.4 Å². The lowest BCUT2D eigenvalue weighted by molar-refractivity contribution is 0.0666. The van der Waals surface area contributed by atoms with Gasteiger partial charge in [0.1, 0.15) is 11.3 Å². The van der Waals surface area contributed by atoms with Gasteiger partial charge in [-0.1, -0.05) is 0 Å². The minimum atomic E-state index is -0.712. The Labute approximate surface area is 182 Å². The van der Waals surface area contributed by atoms with Gasteiger partial charge in [0.2, 0.25) is 0 Å². The Morgan fingerprint density at radius 3 is 2.66 bits per heavy atom. The Balaban J connectivity index is 1.80. The van der Waals surface area contributed by atoms with Gasteiger partial charge in [0.05, 0.1) is 30.1 Å². The fraction of sp³-hybridized carbons (Fsp3) is 0.524. The van der Waals surface area contributed by atoms with Crippen LogP contribution in [0.4, 0.5) is 0 Å². The lowest BCUT2D eigenvalue weighted by Crippen LogP contribution is -2.20. The number of halogens is 1. The largest absolute Gasteiger partial charge is 0.390 e. The van der Waals surface area contributed by atoms with E-state index in [4.69, 9.17) is 4.74 Å². The van der Waals surface area contributed by atoms with Crippen molar-refractivity contribution in [1.29, 1.82) is 0 Å². The van der Waals surface area contributed by atoms with Gasteiger partial charge >= 0.3 is 0 Å². The maximum absolute atomic E-state index is 10.1. The molecule has 0 aliphatic carbocycles. The second kappa shape index (κ2) is 8.79. The van der Waals surface area contributed by atoms with Crippen LogP contribution in [0.3, 0.4) is 0 Å². The van der Waals surface area contributed by atoms with Crippen molar-refractivity contribution in [3.8, 4) is 11.1 Å². The maximum Gasteiger partial charge on any atom is 0.139 e. The van der Waals surface area contributed by atoms with Crippen molar-refractivity contribution < 1.29 is 9.84 Å². The first-order chi connectivity index (χ1) is 13.5. The van der Waals surface area contributed by atoms with Gasteiger partial charge in [0.15, 0.2) is 0 Å². The average Bonchev–Trinajstić information content (AvgIpc) is 3.19. The number of ether oxygens (including phenoxy) is 1. The second-order valence-electron chi connectivity index (χ2n) is 8.92. The third-order valence-electron chi connectivity index (χ3n) is 4.71. The molecule has 0 radical (unpaired) electrons. The highest BCUT2D eigenvalue weighted by Crippen LogP contribution is 2.34. The molecule has 8 heteroatoms. The topological polar surface area (TPSA) is 65.1 Å². The van der Waals surface area contributed by atoms with Gasteiger partial charge in [0.25, 0.3) is 0 Å². The number of hydrogen-bond donors (Lipinski definition) is 1. The Kier molecular flexibility index (Phi) is 6.77. The molecular formula is C21H31BrN4O2S. The number of hydrogen-bond acceptors (Lipinski definition) is 4. The molecule has 0 bridgehead atoms. The van der Waals surface area contributed by atoms with Crippen molar-refractivity contribution in [2.24, 2.45) is 0 Å². The molecule has 0 aliphatic heterocycles. The number of fused-ring (bicyclic) bond motifs is 1. The van der Waals surface area contributed by atoms with Crippen molar-refractivity contribution in [2.45, 2.75) is 39.1 Å². The van der Waals surface area contributed by atoms with Crippen LogP contribution in [0.2, 0.25) is 0 Å². The number of pyridine rings is 1. The molecule has 0 spiro atoms. The summed E-state index contributed by atoms with van der Waals surface area (Å²) in [7, 11) is -0.544. The maximum atomic E-state index is 10.1. The minimum absolute atomic E-state index is 0.456. The van der Waals surface area contributed by atoms with Crippen LogP contribution in [0.1, 0.15) is 20.3 Å². The van der Waals surface area contributed by atoms with Gasteiger partial charge in [-0.2, -0.15) is 5.10 Å². The molecule has 0 saturated carbocycles. The van der Waals surface area contributed by atoms with E-state index in [2.05, 4.69) is 55.5 Å². The van der Waals surface area contributed by atoms with Crippen molar-refractivity contribution in [3.05, 3.63) is 35.5 Å². The van der Waals surface area contributed by atoms with Crippen LogP contribution in [0.15, 0.2) is 35.5 Å². The fourth-order valence-electron chi connectivity index (χ4n) is 3.01. The number of rotatable bonds is 9. The Morgan fingerprint density at radius 1 is 1.21 bits per heavy atom. The first kappa shape index (κ1) is 22.3. The van der Waals surface area contributed by atoms with Gasteiger partial charge in [0, 0.05) is 41.2 Å². The molecule has 0 fully saturated rings. The van der Waals surface area contributed by atoms with Crippen LogP contribution in [-0.2, 0) is 18.0 Å². The standard InChI is InChI=1S/C21H31BrN4O2S/c1-21(2,27)6-7-25-14-18(17-10-20(22)23-12-19(17)25)16-11-24-26(13-16)15-28-8-9-29(3,4)5/h10-14,27H,6-9,15H2,1-5H3. The summed E-state index contributed by atoms with van der Waals surface area (Å²) in [4.78, 5) is 4.39. The molecule has 0 aliphatic rings. The third-order valence-corrected chi connectivity index (χ3v) is 6.53. The summed E-state index contributed by atoms with van der Waals surface area (Å²) in [6, 6.07) is 2.03. The van der Waals surface area contributed by atoms with Crippen molar-refractivity contribution >= 4 is 36.9 Å². The number of aryl methyl sites for hydroxylation is 1. The highest BCUT2D eigenvalue weighted by atomic mass is 79.9. The third kappa shape index (κ3) is 6.31. The summed E-state index contributed by atoms with van der Waals surface area (Å²) in [6.07, 6.45) is 15.4. The number of nitrogens with zero attached hydrogens (tertiary/aromatic N) is 4. The number of aliphatic hydroxyl groups is 1. The summed E-state index contributed by atoms with van der Waals surface area (Å²) < 4.78 is 10.6. The van der Waals surface area contributed by atoms with Crippen LogP contribution in [0.5, 0.6) is 0 Å². The van der Waals surface area contributed by atoms with E-state index in [0.29, 0.717) is 13.2 Å². The molecule has 3 aromatic heterocycles. The van der Waals surface area contributed by atoms with Gasteiger partial charge in [-0.05, 0) is 61.0 Å². The lowest BCUT2D eigenvalue weighted by atomic mass is 10.1. The van der Waals surface area contributed by atoms with Crippen molar-refractivity contribution in [1.82, 2.24) is 19.3 Å². The Bertz CT molecular complexity index is 969. The van der Waals surface area contributed by atoms with E-state index in [1.165, 1.54) is 0 Å². The van der Waals surface area contributed by atoms with E-state index in [0.717, 1.165) is 45.5 Å². The number of aromatic nitrogens is 4. The van der Waals surface area contributed by atoms with Crippen LogP contribution >= 0.6 is 26.0 Å². The van der Waals surface area contributed by atoms with Crippen LogP contribution in [-0.4, -0.2) is 61.2 Å². The molecule has 6 nitrogen and oxygen atoms in total. The molecule has 0 atom stereocenters. The normalized spacial score (nSPS) is 13.3. The molecule has 3 heterocycles. The fourth-order valence-corrected chi connectivity index (χ4v) is 3.96. The van der Waals surface area contributed by atoms with Gasteiger partial charge in [-0.3, -0.25) is 0 Å². The SMILES string of the molecule is CC(C)(O)CCn1cc(-c2cnn(COCCS(C)(C)C)c2)c2cc(Br)ncc21.